The second-order valence-electron chi connectivity index (χ2n) is 5.87. The summed E-state index contributed by atoms with van der Waals surface area (Å²) in [5.41, 5.74) is 2.40. The molecule has 1 N–H and O–H groups in total. The van der Waals surface area contributed by atoms with Crippen LogP contribution in [0.5, 0.6) is 0 Å². The summed E-state index contributed by atoms with van der Waals surface area (Å²) in [5, 5.41) is 10.4. The predicted octanol–water partition coefficient (Wildman–Crippen LogP) is 1.73. The van der Waals surface area contributed by atoms with Crippen molar-refractivity contribution in [2.75, 3.05) is 33.3 Å². The third kappa shape index (κ3) is 3.23. The van der Waals surface area contributed by atoms with Crippen molar-refractivity contribution >= 4 is 10.9 Å². The lowest BCUT2D eigenvalue weighted by Crippen LogP contribution is -2.51. The molecule has 1 aromatic carbocycles. The number of para-hydroxylation sites is 1. The predicted molar refractivity (Wildman–Crippen MR) is 85.1 cm³/mol. The van der Waals surface area contributed by atoms with Gasteiger partial charge >= 0.3 is 0 Å². The zero-order valence-electron chi connectivity index (χ0n) is 12.6. The van der Waals surface area contributed by atoms with Gasteiger partial charge in [0.1, 0.15) is 0 Å². The van der Waals surface area contributed by atoms with Crippen LogP contribution in [-0.2, 0) is 6.54 Å². The van der Waals surface area contributed by atoms with Crippen LogP contribution in [0.4, 0.5) is 0 Å². The largest absolute Gasteiger partial charge is 0.396 e. The van der Waals surface area contributed by atoms with Crippen molar-refractivity contribution in [2.24, 2.45) is 0 Å². The van der Waals surface area contributed by atoms with E-state index in [-0.39, 0.29) is 6.61 Å². The van der Waals surface area contributed by atoms with Gasteiger partial charge in [0, 0.05) is 50.4 Å². The zero-order chi connectivity index (χ0) is 14.7. The first kappa shape index (κ1) is 14.4. The number of nitrogens with zero attached hydrogens (tertiary/aromatic N) is 3. The van der Waals surface area contributed by atoms with Crippen LogP contribution >= 0.6 is 0 Å². The van der Waals surface area contributed by atoms with Gasteiger partial charge in [0.15, 0.2) is 0 Å². The molecule has 1 atom stereocenters. The Morgan fingerprint density at radius 3 is 2.95 bits per heavy atom. The van der Waals surface area contributed by atoms with Crippen molar-refractivity contribution in [3.8, 4) is 0 Å². The third-order valence-corrected chi connectivity index (χ3v) is 4.43. The van der Waals surface area contributed by atoms with Gasteiger partial charge in [0.2, 0.25) is 0 Å². The van der Waals surface area contributed by atoms with Crippen molar-refractivity contribution in [1.29, 1.82) is 0 Å². The molecule has 1 fully saturated rings. The van der Waals surface area contributed by atoms with Gasteiger partial charge in [0.25, 0.3) is 0 Å². The lowest BCUT2D eigenvalue weighted by Gasteiger charge is -2.39. The van der Waals surface area contributed by atoms with E-state index < -0.39 is 0 Å². The maximum atomic E-state index is 9.20. The van der Waals surface area contributed by atoms with Crippen LogP contribution in [0.2, 0.25) is 0 Å². The number of hydrogen-bond acceptors (Lipinski definition) is 4. The van der Waals surface area contributed by atoms with Crippen LogP contribution in [0.1, 0.15) is 12.0 Å². The Hall–Kier alpha value is -1.49. The van der Waals surface area contributed by atoms with Crippen LogP contribution in [0.3, 0.4) is 0 Å². The number of rotatable bonds is 4. The molecule has 2 heterocycles. The van der Waals surface area contributed by atoms with Gasteiger partial charge in [-0.2, -0.15) is 0 Å². The molecule has 112 valence electrons. The van der Waals surface area contributed by atoms with Crippen molar-refractivity contribution in [1.82, 2.24) is 14.8 Å². The molecule has 1 aliphatic rings. The molecule has 1 saturated heterocycles. The summed E-state index contributed by atoms with van der Waals surface area (Å²) in [6.07, 6.45) is 2.71. The number of aliphatic hydroxyl groups excluding tert-OH is 1. The molecule has 0 amide bonds. The molecule has 0 unspecified atom stereocenters. The van der Waals surface area contributed by atoms with Crippen molar-refractivity contribution in [3.05, 3.63) is 42.1 Å². The minimum Gasteiger partial charge on any atom is -0.396 e. The molecule has 1 aliphatic heterocycles. The fourth-order valence-electron chi connectivity index (χ4n) is 3.15. The molecule has 3 rings (SSSR count). The van der Waals surface area contributed by atoms with Crippen LogP contribution in [-0.4, -0.2) is 59.2 Å². The molecule has 0 spiro atoms. The van der Waals surface area contributed by atoms with Gasteiger partial charge in [-0.15, -0.1) is 0 Å². The Balaban J connectivity index is 1.76. The van der Waals surface area contributed by atoms with E-state index in [1.807, 2.05) is 12.3 Å². The molecule has 4 heteroatoms. The van der Waals surface area contributed by atoms with Gasteiger partial charge in [-0.1, -0.05) is 24.3 Å². The van der Waals surface area contributed by atoms with E-state index in [0.717, 1.165) is 38.1 Å². The number of aromatic nitrogens is 1. The number of pyridine rings is 1. The standard InChI is InChI=1S/C17H23N3O/c1-19-9-10-20(13-16(19)7-11-21)12-15-5-2-4-14-6-3-8-18-17(14)15/h2-6,8,16,21H,7,9-13H2,1H3/t16-/m0/s1. The first-order valence-electron chi connectivity index (χ1n) is 7.64. The number of fused-ring (bicyclic) bond motifs is 1. The van der Waals surface area contributed by atoms with E-state index in [1.165, 1.54) is 10.9 Å². The summed E-state index contributed by atoms with van der Waals surface area (Å²) in [7, 11) is 2.15. The summed E-state index contributed by atoms with van der Waals surface area (Å²) >= 11 is 0. The summed E-state index contributed by atoms with van der Waals surface area (Å²) in [6.45, 7) is 4.34. The number of piperazine rings is 1. The Labute approximate surface area is 126 Å². The van der Waals surface area contributed by atoms with E-state index >= 15 is 0 Å². The first-order chi connectivity index (χ1) is 10.3. The van der Waals surface area contributed by atoms with Crippen molar-refractivity contribution in [2.45, 2.75) is 19.0 Å². The highest BCUT2D eigenvalue weighted by molar-refractivity contribution is 5.81. The van der Waals surface area contributed by atoms with Gasteiger partial charge in [-0.25, -0.2) is 0 Å². The Kier molecular flexibility index (Phi) is 4.48. The molecule has 21 heavy (non-hydrogen) atoms. The molecule has 1 aromatic heterocycles. The van der Waals surface area contributed by atoms with E-state index in [2.05, 4.69) is 46.1 Å². The summed E-state index contributed by atoms with van der Waals surface area (Å²) < 4.78 is 0. The van der Waals surface area contributed by atoms with Gasteiger partial charge in [-0.3, -0.25) is 9.88 Å². The van der Waals surface area contributed by atoms with Crippen molar-refractivity contribution in [3.63, 3.8) is 0 Å². The molecular formula is C17H23N3O. The Bertz CT molecular complexity index is 596. The van der Waals surface area contributed by atoms with Crippen molar-refractivity contribution < 1.29 is 5.11 Å². The lowest BCUT2D eigenvalue weighted by molar-refractivity contribution is 0.0745. The highest BCUT2D eigenvalue weighted by Gasteiger charge is 2.24. The SMILES string of the molecule is CN1CCN(Cc2cccc3cccnc23)C[C@@H]1CCO. The fourth-order valence-corrected chi connectivity index (χ4v) is 3.15. The maximum Gasteiger partial charge on any atom is 0.0746 e. The molecule has 0 aliphatic carbocycles. The van der Waals surface area contributed by atoms with Gasteiger partial charge in [-0.05, 0) is 25.1 Å². The smallest absolute Gasteiger partial charge is 0.0746 e. The third-order valence-electron chi connectivity index (χ3n) is 4.43. The normalized spacial score (nSPS) is 21.0. The number of likely N-dealkylation sites (N-methyl/N-ethyl adjacent to an activating group) is 1. The quantitative estimate of drug-likeness (QED) is 0.929. The number of aliphatic hydroxyl groups is 1. The minimum absolute atomic E-state index is 0.263. The Morgan fingerprint density at radius 1 is 1.24 bits per heavy atom. The molecule has 0 bridgehead atoms. The summed E-state index contributed by atoms with van der Waals surface area (Å²) in [4.78, 5) is 9.37. The van der Waals surface area contributed by atoms with Crippen LogP contribution in [0.25, 0.3) is 10.9 Å². The topological polar surface area (TPSA) is 39.6 Å². The fraction of sp³-hybridized carbons (Fsp3) is 0.471. The summed E-state index contributed by atoms with van der Waals surface area (Å²) in [5.74, 6) is 0. The second kappa shape index (κ2) is 6.52. The van der Waals surface area contributed by atoms with Crippen LogP contribution in [0, 0.1) is 0 Å². The first-order valence-corrected chi connectivity index (χ1v) is 7.64. The molecular weight excluding hydrogens is 262 g/mol. The van der Waals surface area contributed by atoms with E-state index in [9.17, 15) is 5.11 Å². The monoisotopic (exact) mass is 285 g/mol. The molecule has 2 aromatic rings. The zero-order valence-corrected chi connectivity index (χ0v) is 12.6. The van der Waals surface area contributed by atoms with Crippen LogP contribution < -0.4 is 0 Å². The minimum atomic E-state index is 0.263. The van der Waals surface area contributed by atoms with Crippen LogP contribution in [0.15, 0.2) is 36.5 Å². The highest BCUT2D eigenvalue weighted by Crippen LogP contribution is 2.19. The van der Waals surface area contributed by atoms with Gasteiger partial charge < -0.3 is 10.0 Å². The molecule has 0 saturated carbocycles. The molecule has 0 radical (unpaired) electrons. The van der Waals surface area contributed by atoms with E-state index in [0.29, 0.717) is 6.04 Å². The molecule has 4 nitrogen and oxygen atoms in total. The number of benzene rings is 1. The van der Waals surface area contributed by atoms with Gasteiger partial charge in [0.05, 0.1) is 5.52 Å². The average molecular weight is 285 g/mol. The maximum absolute atomic E-state index is 9.20. The highest BCUT2D eigenvalue weighted by atomic mass is 16.3. The average Bonchev–Trinajstić information content (AvgIpc) is 2.51. The lowest BCUT2D eigenvalue weighted by atomic mass is 10.1. The number of hydrogen-bond donors (Lipinski definition) is 1. The van der Waals surface area contributed by atoms with E-state index in [4.69, 9.17) is 0 Å². The summed E-state index contributed by atoms with van der Waals surface area (Å²) in [6, 6.07) is 11.0. The second-order valence-corrected chi connectivity index (χ2v) is 5.87. The van der Waals surface area contributed by atoms with E-state index in [1.54, 1.807) is 0 Å². The Morgan fingerprint density at radius 2 is 2.10 bits per heavy atom.